The lowest BCUT2D eigenvalue weighted by molar-refractivity contribution is 0.138. The SMILES string of the molecule is Cc1cc(NCC(O)C(C)C)nc(C)n1. The summed E-state index contributed by atoms with van der Waals surface area (Å²) in [5.41, 5.74) is 0.934. The Kier molecular flexibility index (Phi) is 4.03. The molecule has 1 atom stereocenters. The van der Waals surface area contributed by atoms with Crippen LogP contribution in [-0.4, -0.2) is 27.7 Å². The second kappa shape index (κ2) is 5.07. The summed E-state index contributed by atoms with van der Waals surface area (Å²) in [5, 5.41) is 12.7. The molecule has 0 spiro atoms. The highest BCUT2D eigenvalue weighted by atomic mass is 16.3. The molecular weight excluding hydrogens is 190 g/mol. The largest absolute Gasteiger partial charge is 0.391 e. The van der Waals surface area contributed by atoms with Crippen LogP contribution in [0.2, 0.25) is 0 Å². The summed E-state index contributed by atoms with van der Waals surface area (Å²) in [7, 11) is 0. The Morgan fingerprint density at radius 3 is 2.53 bits per heavy atom. The molecule has 2 N–H and O–H groups in total. The Balaban J connectivity index is 2.57. The molecule has 4 heteroatoms. The Hall–Kier alpha value is -1.16. The van der Waals surface area contributed by atoms with Crippen molar-refractivity contribution in [3.8, 4) is 0 Å². The van der Waals surface area contributed by atoms with Crippen LogP contribution in [0.5, 0.6) is 0 Å². The number of aryl methyl sites for hydroxylation is 2. The zero-order valence-corrected chi connectivity index (χ0v) is 9.78. The highest BCUT2D eigenvalue weighted by molar-refractivity contribution is 5.35. The summed E-state index contributed by atoms with van der Waals surface area (Å²) in [6.45, 7) is 8.29. The number of nitrogens with zero attached hydrogens (tertiary/aromatic N) is 2. The molecule has 1 heterocycles. The molecule has 0 aromatic carbocycles. The highest BCUT2D eigenvalue weighted by Gasteiger charge is 2.08. The fraction of sp³-hybridized carbons (Fsp3) is 0.636. The molecule has 1 aromatic rings. The van der Waals surface area contributed by atoms with Gasteiger partial charge in [-0.1, -0.05) is 13.8 Å². The van der Waals surface area contributed by atoms with E-state index in [-0.39, 0.29) is 12.0 Å². The van der Waals surface area contributed by atoms with E-state index in [4.69, 9.17) is 0 Å². The van der Waals surface area contributed by atoms with Crippen LogP contribution in [0.3, 0.4) is 0 Å². The van der Waals surface area contributed by atoms with E-state index >= 15 is 0 Å². The van der Waals surface area contributed by atoms with Crippen LogP contribution in [0.15, 0.2) is 6.07 Å². The second-order valence-corrected chi connectivity index (χ2v) is 4.13. The number of nitrogens with one attached hydrogen (secondary N) is 1. The maximum absolute atomic E-state index is 9.62. The number of aliphatic hydroxyl groups is 1. The minimum Gasteiger partial charge on any atom is -0.391 e. The van der Waals surface area contributed by atoms with E-state index in [2.05, 4.69) is 15.3 Å². The fourth-order valence-corrected chi connectivity index (χ4v) is 1.25. The maximum Gasteiger partial charge on any atom is 0.130 e. The van der Waals surface area contributed by atoms with Gasteiger partial charge >= 0.3 is 0 Å². The highest BCUT2D eigenvalue weighted by Crippen LogP contribution is 2.07. The molecule has 0 amide bonds. The van der Waals surface area contributed by atoms with Crippen molar-refractivity contribution in [3.63, 3.8) is 0 Å². The van der Waals surface area contributed by atoms with Crippen molar-refractivity contribution in [1.29, 1.82) is 0 Å². The molecule has 0 saturated carbocycles. The third-order valence-corrected chi connectivity index (χ3v) is 2.23. The van der Waals surface area contributed by atoms with Gasteiger partial charge in [0, 0.05) is 18.3 Å². The summed E-state index contributed by atoms with van der Waals surface area (Å²) in [5.74, 6) is 1.78. The second-order valence-electron chi connectivity index (χ2n) is 4.13. The first kappa shape index (κ1) is 11.9. The zero-order chi connectivity index (χ0) is 11.4. The third-order valence-electron chi connectivity index (χ3n) is 2.23. The van der Waals surface area contributed by atoms with Gasteiger partial charge in [0.25, 0.3) is 0 Å². The molecule has 0 saturated heterocycles. The van der Waals surface area contributed by atoms with Crippen LogP contribution in [0.1, 0.15) is 25.4 Å². The lowest BCUT2D eigenvalue weighted by Crippen LogP contribution is -2.25. The van der Waals surface area contributed by atoms with Gasteiger partial charge < -0.3 is 10.4 Å². The van der Waals surface area contributed by atoms with Crippen molar-refractivity contribution >= 4 is 5.82 Å². The Bertz CT molecular complexity index is 305. The van der Waals surface area contributed by atoms with Gasteiger partial charge in [0.1, 0.15) is 11.6 Å². The summed E-state index contributed by atoms with van der Waals surface area (Å²) in [6, 6.07) is 1.88. The predicted octanol–water partition coefficient (Wildman–Crippen LogP) is 1.52. The molecule has 0 radical (unpaired) electrons. The first-order chi connectivity index (χ1) is 6.99. The van der Waals surface area contributed by atoms with Gasteiger partial charge in [-0.15, -0.1) is 0 Å². The number of rotatable bonds is 4. The lowest BCUT2D eigenvalue weighted by Gasteiger charge is -2.15. The van der Waals surface area contributed by atoms with E-state index in [0.29, 0.717) is 6.54 Å². The van der Waals surface area contributed by atoms with Crippen molar-refractivity contribution in [2.75, 3.05) is 11.9 Å². The van der Waals surface area contributed by atoms with Crippen LogP contribution in [0, 0.1) is 19.8 Å². The molecule has 4 nitrogen and oxygen atoms in total. The maximum atomic E-state index is 9.62. The van der Waals surface area contributed by atoms with E-state index in [1.54, 1.807) is 0 Å². The van der Waals surface area contributed by atoms with Gasteiger partial charge in [0.05, 0.1) is 6.10 Å². The summed E-state index contributed by atoms with van der Waals surface area (Å²) in [4.78, 5) is 8.41. The van der Waals surface area contributed by atoms with Crippen molar-refractivity contribution in [2.24, 2.45) is 5.92 Å². The summed E-state index contributed by atoms with van der Waals surface area (Å²) >= 11 is 0. The minimum absolute atomic E-state index is 0.251. The molecule has 0 bridgehead atoms. The Morgan fingerprint density at radius 2 is 2.00 bits per heavy atom. The van der Waals surface area contributed by atoms with Crippen LogP contribution in [0.4, 0.5) is 5.82 Å². The molecule has 1 unspecified atom stereocenters. The van der Waals surface area contributed by atoms with Gasteiger partial charge in [-0.2, -0.15) is 0 Å². The zero-order valence-electron chi connectivity index (χ0n) is 9.78. The normalized spacial score (nSPS) is 12.9. The van der Waals surface area contributed by atoms with Crippen molar-refractivity contribution in [1.82, 2.24) is 9.97 Å². The van der Waals surface area contributed by atoms with Gasteiger partial charge in [0.15, 0.2) is 0 Å². The van der Waals surface area contributed by atoms with E-state index in [1.165, 1.54) is 0 Å². The van der Waals surface area contributed by atoms with Crippen LogP contribution < -0.4 is 5.32 Å². The van der Waals surface area contributed by atoms with E-state index in [1.807, 2.05) is 33.8 Å². The average Bonchev–Trinajstić information content (AvgIpc) is 2.12. The molecule has 0 fully saturated rings. The number of aromatic nitrogens is 2. The number of hydrogen-bond acceptors (Lipinski definition) is 4. The van der Waals surface area contributed by atoms with Gasteiger partial charge in [-0.3, -0.25) is 0 Å². The number of anilines is 1. The smallest absolute Gasteiger partial charge is 0.130 e. The summed E-state index contributed by atoms with van der Waals surface area (Å²) in [6.07, 6.45) is -0.347. The Labute approximate surface area is 90.8 Å². The molecule has 0 aliphatic carbocycles. The van der Waals surface area contributed by atoms with Gasteiger partial charge in [0.2, 0.25) is 0 Å². The first-order valence-electron chi connectivity index (χ1n) is 5.23. The quantitative estimate of drug-likeness (QED) is 0.789. The van der Waals surface area contributed by atoms with E-state index in [0.717, 1.165) is 17.3 Å². The molecule has 1 rings (SSSR count). The monoisotopic (exact) mass is 209 g/mol. The summed E-state index contributed by atoms with van der Waals surface area (Å²) < 4.78 is 0. The minimum atomic E-state index is -0.347. The number of aliphatic hydroxyl groups excluding tert-OH is 1. The molecule has 1 aromatic heterocycles. The van der Waals surface area contributed by atoms with E-state index in [9.17, 15) is 5.11 Å². The standard InChI is InChI=1S/C11H19N3O/c1-7(2)10(15)6-12-11-5-8(3)13-9(4)14-11/h5,7,10,15H,6H2,1-4H3,(H,12,13,14). The van der Waals surface area contributed by atoms with Crippen molar-refractivity contribution in [3.05, 3.63) is 17.6 Å². The van der Waals surface area contributed by atoms with Gasteiger partial charge in [-0.25, -0.2) is 9.97 Å². The molecule has 0 aliphatic rings. The van der Waals surface area contributed by atoms with Crippen LogP contribution in [0.25, 0.3) is 0 Å². The van der Waals surface area contributed by atoms with Crippen molar-refractivity contribution in [2.45, 2.75) is 33.8 Å². The molecule has 15 heavy (non-hydrogen) atoms. The topological polar surface area (TPSA) is 58.0 Å². The lowest BCUT2D eigenvalue weighted by atomic mass is 10.1. The fourth-order valence-electron chi connectivity index (χ4n) is 1.25. The van der Waals surface area contributed by atoms with E-state index < -0.39 is 0 Å². The average molecular weight is 209 g/mol. The predicted molar refractivity (Wildman–Crippen MR) is 60.8 cm³/mol. The van der Waals surface area contributed by atoms with Gasteiger partial charge in [-0.05, 0) is 19.8 Å². The number of hydrogen-bond donors (Lipinski definition) is 2. The van der Waals surface area contributed by atoms with Crippen LogP contribution >= 0.6 is 0 Å². The molecule has 84 valence electrons. The third kappa shape index (κ3) is 3.83. The molecule has 0 aliphatic heterocycles. The molecular formula is C11H19N3O. The van der Waals surface area contributed by atoms with Crippen LogP contribution in [-0.2, 0) is 0 Å². The Morgan fingerprint density at radius 1 is 1.33 bits per heavy atom. The first-order valence-corrected chi connectivity index (χ1v) is 5.23. The van der Waals surface area contributed by atoms with Crippen molar-refractivity contribution < 1.29 is 5.11 Å².